The van der Waals surface area contributed by atoms with Crippen molar-refractivity contribution in [3.63, 3.8) is 0 Å². The molecule has 5 rings (SSSR count). The largest absolute Gasteiger partial charge is 0.381 e. The van der Waals surface area contributed by atoms with Gasteiger partial charge in [-0.25, -0.2) is 17.6 Å². The summed E-state index contributed by atoms with van der Waals surface area (Å²) in [4.78, 5) is 19.3. The number of nitrogens with two attached hydrogens (primary N) is 1. The molecule has 206 valence electrons. The van der Waals surface area contributed by atoms with E-state index in [1.165, 1.54) is 6.20 Å². The predicted molar refractivity (Wildman–Crippen MR) is 141 cm³/mol. The van der Waals surface area contributed by atoms with E-state index < -0.39 is 45.9 Å². The quantitative estimate of drug-likeness (QED) is 0.409. The number of benzene rings is 2. The Morgan fingerprint density at radius 3 is 2.44 bits per heavy atom. The van der Waals surface area contributed by atoms with E-state index in [-0.39, 0.29) is 12.0 Å². The van der Waals surface area contributed by atoms with E-state index in [4.69, 9.17) is 10.5 Å². The average Bonchev–Trinajstić information content (AvgIpc) is 2.90. The number of carbonyl (C=O) groups excluding carboxylic acids is 1. The van der Waals surface area contributed by atoms with Crippen molar-refractivity contribution in [3.05, 3.63) is 77.1 Å². The van der Waals surface area contributed by atoms with Gasteiger partial charge in [-0.1, -0.05) is 6.92 Å². The second-order valence-electron chi connectivity index (χ2n) is 10.4. The van der Waals surface area contributed by atoms with Gasteiger partial charge in [0.25, 0.3) is 5.91 Å². The maximum atomic E-state index is 15.7. The molecule has 0 spiro atoms. The molecule has 2 atom stereocenters. The summed E-state index contributed by atoms with van der Waals surface area (Å²) in [5.41, 5.74) is 5.21. The summed E-state index contributed by atoms with van der Waals surface area (Å²) in [6.07, 6.45) is 5.05. The van der Waals surface area contributed by atoms with Crippen molar-refractivity contribution in [2.75, 3.05) is 36.5 Å². The van der Waals surface area contributed by atoms with Crippen molar-refractivity contribution in [1.29, 1.82) is 0 Å². The molecule has 1 aromatic heterocycles. The molecule has 3 N–H and O–H groups in total. The molecule has 1 amide bonds. The van der Waals surface area contributed by atoms with Crippen LogP contribution in [0.5, 0.6) is 0 Å². The summed E-state index contributed by atoms with van der Waals surface area (Å²) >= 11 is 0. The van der Waals surface area contributed by atoms with Gasteiger partial charge in [-0.2, -0.15) is 0 Å². The van der Waals surface area contributed by atoms with Crippen LogP contribution in [-0.2, 0) is 4.74 Å². The van der Waals surface area contributed by atoms with Crippen molar-refractivity contribution in [1.82, 2.24) is 4.98 Å². The molecule has 2 aliphatic heterocycles. The molecule has 0 bridgehead atoms. The normalized spacial score (nSPS) is 20.2. The number of anilines is 2. The number of rotatable bonds is 5. The van der Waals surface area contributed by atoms with Gasteiger partial charge in [0.1, 0.15) is 23.3 Å². The lowest BCUT2D eigenvalue weighted by atomic mass is 9.89. The van der Waals surface area contributed by atoms with E-state index in [2.05, 4.69) is 17.2 Å². The number of aromatic nitrogens is 1. The minimum Gasteiger partial charge on any atom is -0.381 e. The van der Waals surface area contributed by atoms with E-state index in [9.17, 15) is 9.18 Å². The fraction of sp³-hybridized carbons (Fsp3) is 0.379. The summed E-state index contributed by atoms with van der Waals surface area (Å²) < 4.78 is 66.2. The van der Waals surface area contributed by atoms with E-state index in [0.717, 1.165) is 30.7 Å². The first kappa shape index (κ1) is 27.1. The number of carbonyl (C=O) groups is 1. The Labute approximate surface area is 224 Å². The predicted octanol–water partition coefficient (Wildman–Crippen LogP) is 5.62. The third kappa shape index (κ3) is 5.62. The Kier molecular flexibility index (Phi) is 7.86. The van der Waals surface area contributed by atoms with Gasteiger partial charge in [-0.3, -0.25) is 9.78 Å². The van der Waals surface area contributed by atoms with Gasteiger partial charge in [-0.15, -0.1) is 0 Å². The number of hydrogen-bond donors (Lipinski definition) is 2. The van der Waals surface area contributed by atoms with Crippen LogP contribution in [0.15, 0.2) is 42.7 Å². The molecule has 0 radical (unpaired) electrons. The maximum Gasteiger partial charge on any atom is 0.258 e. The van der Waals surface area contributed by atoms with Crippen molar-refractivity contribution in [2.45, 2.75) is 38.1 Å². The number of nitrogens with one attached hydrogen (secondary N) is 1. The van der Waals surface area contributed by atoms with Gasteiger partial charge in [-0.05, 0) is 67.0 Å². The highest BCUT2D eigenvalue weighted by atomic mass is 19.1. The number of halogens is 4. The first-order valence-electron chi connectivity index (χ1n) is 13.0. The molecule has 3 heterocycles. The Balaban J connectivity index is 1.46. The Morgan fingerprint density at radius 2 is 1.74 bits per heavy atom. The maximum absolute atomic E-state index is 15.7. The summed E-state index contributed by atoms with van der Waals surface area (Å²) in [5.74, 6) is -5.44. The number of hydrogen-bond acceptors (Lipinski definition) is 5. The zero-order valence-corrected chi connectivity index (χ0v) is 21.5. The van der Waals surface area contributed by atoms with Crippen LogP contribution in [0.1, 0.15) is 48.0 Å². The molecule has 3 aromatic rings. The van der Waals surface area contributed by atoms with Gasteiger partial charge < -0.3 is 20.7 Å². The van der Waals surface area contributed by atoms with Crippen LogP contribution in [0.4, 0.5) is 28.9 Å². The summed E-state index contributed by atoms with van der Waals surface area (Å²) in [6.45, 7) is 4.29. The van der Waals surface area contributed by atoms with E-state index in [1.54, 1.807) is 12.3 Å². The van der Waals surface area contributed by atoms with Crippen LogP contribution in [0, 0.1) is 29.2 Å². The van der Waals surface area contributed by atoms with Gasteiger partial charge >= 0.3 is 0 Å². The van der Waals surface area contributed by atoms with Gasteiger partial charge in [0.05, 0.1) is 34.3 Å². The van der Waals surface area contributed by atoms with Crippen LogP contribution in [0.3, 0.4) is 0 Å². The smallest absolute Gasteiger partial charge is 0.258 e. The summed E-state index contributed by atoms with van der Waals surface area (Å²) in [7, 11) is 0. The Hall–Kier alpha value is -3.50. The number of nitrogens with zero attached hydrogens (tertiary/aromatic N) is 2. The standard InChI is InChI=1S/C29H30F4N4O2/c1-16-10-19(34)15-37(14-16)25-4-7-35-13-24(25)36-29(38)20-2-3-21(30)27(28(20)33)26-22(31)11-18(12-23(26)32)17-5-8-39-9-6-17/h2-4,7,11-13,16-17,19H,5-6,8-10,14-15,34H2,1H3,(H,36,38)/t16-,19+/m1/s1. The monoisotopic (exact) mass is 542 g/mol. The molecule has 0 saturated carbocycles. The van der Waals surface area contributed by atoms with Gasteiger partial charge in [0, 0.05) is 38.5 Å². The van der Waals surface area contributed by atoms with E-state index >= 15 is 13.2 Å². The Bertz CT molecular complexity index is 1350. The minimum absolute atomic E-state index is 0.0507. The second kappa shape index (κ2) is 11.3. The van der Waals surface area contributed by atoms with Crippen LogP contribution >= 0.6 is 0 Å². The Morgan fingerprint density at radius 1 is 1.03 bits per heavy atom. The second-order valence-corrected chi connectivity index (χ2v) is 10.4. The van der Waals surface area contributed by atoms with Crippen molar-refractivity contribution >= 4 is 17.3 Å². The molecule has 2 saturated heterocycles. The number of amides is 1. The van der Waals surface area contributed by atoms with E-state index in [0.29, 0.717) is 62.0 Å². The van der Waals surface area contributed by atoms with Crippen molar-refractivity contribution < 1.29 is 27.1 Å². The molecule has 0 unspecified atom stereocenters. The third-order valence-corrected chi connectivity index (χ3v) is 7.42. The van der Waals surface area contributed by atoms with Gasteiger partial charge in [0.2, 0.25) is 0 Å². The highest BCUT2D eigenvalue weighted by Crippen LogP contribution is 2.37. The summed E-state index contributed by atoms with van der Waals surface area (Å²) in [6, 6.07) is 5.65. The fourth-order valence-electron chi connectivity index (χ4n) is 5.60. The molecular formula is C29H30F4N4O2. The molecule has 10 heteroatoms. The van der Waals surface area contributed by atoms with Crippen LogP contribution in [0.2, 0.25) is 0 Å². The zero-order chi connectivity index (χ0) is 27.7. The molecule has 0 aliphatic carbocycles. The molecule has 2 aromatic carbocycles. The lowest BCUT2D eigenvalue weighted by Gasteiger charge is -2.37. The fourth-order valence-corrected chi connectivity index (χ4v) is 5.60. The lowest BCUT2D eigenvalue weighted by Crippen LogP contribution is -2.46. The van der Waals surface area contributed by atoms with Crippen LogP contribution in [0.25, 0.3) is 11.1 Å². The van der Waals surface area contributed by atoms with E-state index in [1.807, 2.05) is 4.90 Å². The van der Waals surface area contributed by atoms with Crippen molar-refractivity contribution in [2.24, 2.45) is 11.7 Å². The SMILES string of the molecule is C[C@@H]1C[C@H](N)CN(c2ccncc2NC(=O)c2ccc(F)c(-c3c(F)cc(C4CCOCC4)cc3F)c2F)C1. The minimum atomic E-state index is -1.36. The number of piperidine rings is 1. The third-order valence-electron chi connectivity index (χ3n) is 7.42. The molecule has 39 heavy (non-hydrogen) atoms. The van der Waals surface area contributed by atoms with Gasteiger partial charge in [0.15, 0.2) is 0 Å². The highest BCUT2D eigenvalue weighted by Gasteiger charge is 2.28. The molecule has 2 fully saturated rings. The molecule has 6 nitrogen and oxygen atoms in total. The topological polar surface area (TPSA) is 80.5 Å². The van der Waals surface area contributed by atoms with Crippen LogP contribution < -0.4 is 16.0 Å². The number of pyridine rings is 1. The van der Waals surface area contributed by atoms with Crippen molar-refractivity contribution in [3.8, 4) is 11.1 Å². The molecular weight excluding hydrogens is 512 g/mol. The first-order chi connectivity index (χ1) is 18.7. The zero-order valence-electron chi connectivity index (χ0n) is 21.5. The lowest BCUT2D eigenvalue weighted by molar-refractivity contribution is 0.0852. The first-order valence-corrected chi connectivity index (χ1v) is 13.0. The molecule has 2 aliphatic rings. The number of ether oxygens (including phenoxy) is 1. The summed E-state index contributed by atoms with van der Waals surface area (Å²) in [5, 5.41) is 2.63. The highest BCUT2D eigenvalue weighted by molar-refractivity contribution is 6.06. The average molecular weight is 543 g/mol. The van der Waals surface area contributed by atoms with Crippen LogP contribution in [-0.4, -0.2) is 43.2 Å².